The number of benzene rings is 1. The van der Waals surface area contributed by atoms with Crippen LogP contribution in [0.25, 0.3) is 0 Å². The van der Waals surface area contributed by atoms with E-state index in [1.165, 1.54) is 4.90 Å². The zero-order valence-electron chi connectivity index (χ0n) is 13.0. The number of hydrogen-bond acceptors (Lipinski definition) is 2. The van der Waals surface area contributed by atoms with E-state index in [1.807, 2.05) is 6.07 Å². The number of carbonyl (C=O) groups is 2. The van der Waals surface area contributed by atoms with Gasteiger partial charge in [-0.2, -0.15) is 0 Å². The third kappa shape index (κ3) is 3.09. The quantitative estimate of drug-likeness (QED) is 0.638. The molecule has 0 saturated heterocycles. The smallest absolute Gasteiger partial charge is 0.227 e. The molecule has 0 aliphatic rings. The van der Waals surface area contributed by atoms with Gasteiger partial charge in [0.05, 0.1) is 12.1 Å². The Bertz CT molecular complexity index is 746. The maximum Gasteiger partial charge on any atom is 0.227 e. The van der Waals surface area contributed by atoms with Gasteiger partial charge in [-0.1, -0.05) is 5.92 Å². The molecule has 0 radical (unpaired) electrons. The van der Waals surface area contributed by atoms with E-state index in [0.717, 1.165) is 11.3 Å². The number of amides is 1. The van der Waals surface area contributed by atoms with Crippen LogP contribution in [0.1, 0.15) is 27.3 Å². The first kappa shape index (κ1) is 15.6. The van der Waals surface area contributed by atoms with Crippen molar-refractivity contribution in [1.29, 1.82) is 0 Å². The van der Waals surface area contributed by atoms with Crippen molar-refractivity contribution in [3.8, 4) is 12.3 Å². The van der Waals surface area contributed by atoms with Gasteiger partial charge < -0.3 is 9.47 Å². The summed E-state index contributed by atoms with van der Waals surface area (Å²) in [6.07, 6.45) is 5.58. The average molecular weight is 294 g/mol. The molecule has 2 rings (SSSR count). The molecule has 2 aromatic rings. The first-order chi connectivity index (χ1) is 10.4. The van der Waals surface area contributed by atoms with E-state index in [4.69, 9.17) is 6.42 Å². The molecular weight excluding hydrogens is 276 g/mol. The Morgan fingerprint density at radius 1 is 1.14 bits per heavy atom. The van der Waals surface area contributed by atoms with E-state index >= 15 is 0 Å². The van der Waals surface area contributed by atoms with Gasteiger partial charge in [0.25, 0.3) is 0 Å². The van der Waals surface area contributed by atoms with Crippen LogP contribution in [0, 0.1) is 12.3 Å². The lowest BCUT2D eigenvalue weighted by molar-refractivity contribution is -0.128. The van der Waals surface area contributed by atoms with Crippen LogP contribution in [0.3, 0.4) is 0 Å². The topological polar surface area (TPSA) is 42.3 Å². The summed E-state index contributed by atoms with van der Waals surface area (Å²) < 4.78 is 1.76. The molecule has 0 atom stereocenters. The molecule has 0 aliphatic heterocycles. The van der Waals surface area contributed by atoms with Crippen LogP contribution >= 0.6 is 0 Å². The Morgan fingerprint density at radius 3 is 2.32 bits per heavy atom. The highest BCUT2D eigenvalue weighted by Crippen LogP contribution is 2.15. The number of hydrogen-bond donors (Lipinski definition) is 0. The van der Waals surface area contributed by atoms with E-state index in [-0.39, 0.29) is 18.1 Å². The number of ketones is 1. The fourth-order valence-electron chi connectivity index (χ4n) is 2.14. The summed E-state index contributed by atoms with van der Waals surface area (Å²) in [5, 5.41) is 0. The summed E-state index contributed by atoms with van der Waals surface area (Å²) in [5.74, 6) is 2.43. The first-order valence-electron chi connectivity index (χ1n) is 6.90. The summed E-state index contributed by atoms with van der Waals surface area (Å²) in [4.78, 5) is 25.9. The average Bonchev–Trinajstić information content (AvgIpc) is 2.87. The highest BCUT2D eigenvalue weighted by atomic mass is 16.2. The normalized spacial score (nSPS) is 10.1. The molecule has 1 amide bonds. The van der Waals surface area contributed by atoms with Crippen molar-refractivity contribution in [3.63, 3.8) is 0 Å². The Hall–Kier alpha value is -2.80. The summed E-state index contributed by atoms with van der Waals surface area (Å²) in [6, 6.07) is 10.5. The third-order valence-corrected chi connectivity index (χ3v) is 3.60. The maximum atomic E-state index is 12.5. The van der Waals surface area contributed by atoms with Crippen molar-refractivity contribution in [3.05, 3.63) is 58.9 Å². The molecule has 0 bridgehead atoms. The van der Waals surface area contributed by atoms with Gasteiger partial charge in [-0.05, 0) is 36.4 Å². The van der Waals surface area contributed by atoms with Crippen LogP contribution in [0.2, 0.25) is 0 Å². The molecule has 1 aromatic carbocycles. The van der Waals surface area contributed by atoms with Crippen molar-refractivity contribution in [1.82, 2.24) is 9.47 Å². The highest BCUT2D eigenvalue weighted by molar-refractivity contribution is 6.08. The molecule has 22 heavy (non-hydrogen) atoms. The summed E-state index contributed by atoms with van der Waals surface area (Å²) >= 11 is 0. The largest absolute Gasteiger partial charge is 0.348 e. The van der Waals surface area contributed by atoms with E-state index in [0.29, 0.717) is 11.3 Å². The zero-order chi connectivity index (χ0) is 16.3. The lowest BCUT2D eigenvalue weighted by atomic mass is 10.1. The Kier molecular flexibility index (Phi) is 4.47. The Morgan fingerprint density at radius 2 is 1.77 bits per heavy atom. The van der Waals surface area contributed by atoms with Crippen LogP contribution < -0.4 is 0 Å². The molecule has 0 unspecified atom stereocenters. The van der Waals surface area contributed by atoms with E-state index in [1.54, 1.807) is 56.0 Å². The highest BCUT2D eigenvalue weighted by Gasteiger charge is 2.16. The van der Waals surface area contributed by atoms with Crippen molar-refractivity contribution < 1.29 is 9.59 Å². The number of likely N-dealkylation sites (N-methyl/N-ethyl adjacent to an activating group) is 1. The second-order valence-corrected chi connectivity index (χ2v) is 5.28. The minimum absolute atomic E-state index is 0.00132. The van der Waals surface area contributed by atoms with Crippen LogP contribution in [0.15, 0.2) is 36.4 Å². The van der Waals surface area contributed by atoms with Crippen LogP contribution in [0.4, 0.5) is 0 Å². The number of aromatic nitrogens is 1. The van der Waals surface area contributed by atoms with Crippen molar-refractivity contribution in [2.75, 3.05) is 14.1 Å². The van der Waals surface area contributed by atoms with Gasteiger partial charge in [-0.15, -0.1) is 6.42 Å². The van der Waals surface area contributed by atoms with E-state index in [2.05, 4.69) is 5.92 Å². The fourth-order valence-corrected chi connectivity index (χ4v) is 2.14. The van der Waals surface area contributed by atoms with Crippen LogP contribution in [-0.2, 0) is 18.3 Å². The summed E-state index contributed by atoms with van der Waals surface area (Å²) in [5.41, 5.74) is 2.67. The van der Waals surface area contributed by atoms with Crippen LogP contribution in [0.5, 0.6) is 0 Å². The predicted octanol–water partition coefficient (Wildman–Crippen LogP) is 1.87. The minimum atomic E-state index is -0.0883. The summed E-state index contributed by atoms with van der Waals surface area (Å²) in [7, 11) is 5.22. The standard InChI is InChI=1S/C18H18N2O2/c1-5-13-6-8-14(9-7-13)18(22)16-11-10-15(20(16)4)12-17(21)19(2)3/h1,6-11H,12H2,2-4H3. The van der Waals surface area contributed by atoms with E-state index in [9.17, 15) is 9.59 Å². The molecule has 4 nitrogen and oxygen atoms in total. The number of rotatable bonds is 4. The SMILES string of the molecule is C#Cc1ccc(C(=O)c2ccc(CC(=O)N(C)C)n2C)cc1. The van der Waals surface area contributed by atoms with Gasteiger partial charge in [0, 0.05) is 38.0 Å². The van der Waals surface area contributed by atoms with Gasteiger partial charge in [-0.25, -0.2) is 0 Å². The number of nitrogens with zero attached hydrogens (tertiary/aromatic N) is 2. The first-order valence-corrected chi connectivity index (χ1v) is 6.90. The molecule has 0 aliphatic carbocycles. The van der Waals surface area contributed by atoms with Gasteiger partial charge in [-0.3, -0.25) is 9.59 Å². The Labute approximate surface area is 130 Å². The maximum absolute atomic E-state index is 12.5. The van der Waals surface area contributed by atoms with E-state index < -0.39 is 0 Å². The van der Waals surface area contributed by atoms with Crippen molar-refractivity contribution in [2.45, 2.75) is 6.42 Å². The number of terminal acetylenes is 1. The molecule has 112 valence electrons. The molecule has 0 saturated carbocycles. The molecule has 4 heteroatoms. The second-order valence-electron chi connectivity index (χ2n) is 5.28. The minimum Gasteiger partial charge on any atom is -0.348 e. The molecule has 0 N–H and O–H groups in total. The Balaban J connectivity index is 2.25. The van der Waals surface area contributed by atoms with Gasteiger partial charge in [0.1, 0.15) is 0 Å². The molecular formula is C18H18N2O2. The fraction of sp³-hybridized carbons (Fsp3) is 0.222. The zero-order valence-corrected chi connectivity index (χ0v) is 13.0. The third-order valence-electron chi connectivity index (χ3n) is 3.60. The molecule has 0 fully saturated rings. The lowest BCUT2D eigenvalue weighted by Crippen LogP contribution is -2.24. The molecule has 0 spiro atoms. The molecule has 1 heterocycles. The monoisotopic (exact) mass is 294 g/mol. The lowest BCUT2D eigenvalue weighted by Gasteiger charge is -2.11. The second kappa shape index (κ2) is 6.31. The van der Waals surface area contributed by atoms with Gasteiger partial charge in [0.2, 0.25) is 11.7 Å². The van der Waals surface area contributed by atoms with Gasteiger partial charge in [0.15, 0.2) is 0 Å². The number of carbonyl (C=O) groups excluding carboxylic acids is 2. The summed E-state index contributed by atoms with van der Waals surface area (Å²) in [6.45, 7) is 0. The molecule has 1 aromatic heterocycles. The van der Waals surface area contributed by atoms with Crippen LogP contribution in [-0.4, -0.2) is 35.3 Å². The van der Waals surface area contributed by atoms with Crippen molar-refractivity contribution in [2.24, 2.45) is 7.05 Å². The van der Waals surface area contributed by atoms with Crippen molar-refractivity contribution >= 4 is 11.7 Å². The predicted molar refractivity (Wildman–Crippen MR) is 85.6 cm³/mol. The van der Waals surface area contributed by atoms with Gasteiger partial charge >= 0.3 is 0 Å².